The minimum absolute atomic E-state index is 0.138. The number of nitrogens with two attached hydrogens (primary N) is 1. The van der Waals surface area contributed by atoms with Gasteiger partial charge in [-0.25, -0.2) is 8.42 Å². The van der Waals surface area contributed by atoms with E-state index in [2.05, 4.69) is 9.82 Å². The number of nitrogens with zero attached hydrogens (tertiary/aromatic N) is 2. The standard InChI is InChI=1S/C10H19N5O2S/c1-6-8(7(2)15(5)13-6)18(16,17)14-10(3,4)9(11)12/h14H,1-5H3,(H3,11,12). The van der Waals surface area contributed by atoms with E-state index in [1.807, 2.05) is 0 Å². The van der Waals surface area contributed by atoms with Crippen LogP contribution < -0.4 is 10.5 Å². The van der Waals surface area contributed by atoms with E-state index in [1.54, 1.807) is 20.9 Å². The molecule has 0 spiro atoms. The predicted octanol–water partition coefficient (Wildman–Crippen LogP) is 0.0298. The van der Waals surface area contributed by atoms with Crippen LogP contribution in [-0.4, -0.2) is 29.6 Å². The second-order valence-electron chi connectivity index (χ2n) is 4.77. The van der Waals surface area contributed by atoms with E-state index >= 15 is 0 Å². The summed E-state index contributed by atoms with van der Waals surface area (Å²) in [5.74, 6) is -0.245. The van der Waals surface area contributed by atoms with Crippen molar-refractivity contribution >= 4 is 15.9 Å². The summed E-state index contributed by atoms with van der Waals surface area (Å²) in [4.78, 5) is 0.138. The van der Waals surface area contributed by atoms with Gasteiger partial charge in [-0.05, 0) is 27.7 Å². The van der Waals surface area contributed by atoms with Crippen molar-refractivity contribution in [2.75, 3.05) is 0 Å². The van der Waals surface area contributed by atoms with E-state index < -0.39 is 15.6 Å². The van der Waals surface area contributed by atoms with E-state index in [0.29, 0.717) is 11.4 Å². The first-order valence-electron chi connectivity index (χ1n) is 5.37. The summed E-state index contributed by atoms with van der Waals surface area (Å²) in [5, 5.41) is 11.4. The lowest BCUT2D eigenvalue weighted by atomic mass is 10.1. The third kappa shape index (κ3) is 2.54. The highest BCUT2D eigenvalue weighted by Gasteiger charge is 2.32. The van der Waals surface area contributed by atoms with Crippen molar-refractivity contribution in [3.05, 3.63) is 11.4 Å². The highest BCUT2D eigenvalue weighted by Crippen LogP contribution is 2.20. The van der Waals surface area contributed by atoms with Crippen molar-refractivity contribution in [1.29, 1.82) is 5.41 Å². The van der Waals surface area contributed by atoms with Crippen molar-refractivity contribution in [2.24, 2.45) is 12.8 Å². The molecule has 0 radical (unpaired) electrons. The van der Waals surface area contributed by atoms with E-state index in [9.17, 15) is 8.42 Å². The summed E-state index contributed by atoms with van der Waals surface area (Å²) in [6, 6.07) is 0. The number of amidine groups is 1. The van der Waals surface area contributed by atoms with Gasteiger partial charge in [0.2, 0.25) is 10.0 Å². The van der Waals surface area contributed by atoms with Gasteiger partial charge in [-0.3, -0.25) is 10.1 Å². The van der Waals surface area contributed by atoms with Gasteiger partial charge in [-0.15, -0.1) is 0 Å². The Kier molecular flexibility index (Phi) is 3.55. The number of aryl methyl sites for hydroxylation is 2. The smallest absolute Gasteiger partial charge is 0.245 e. The molecule has 18 heavy (non-hydrogen) atoms. The molecule has 1 rings (SSSR count). The van der Waals surface area contributed by atoms with Gasteiger partial charge in [0.15, 0.2) is 0 Å². The summed E-state index contributed by atoms with van der Waals surface area (Å²) >= 11 is 0. The summed E-state index contributed by atoms with van der Waals surface area (Å²) in [6.45, 7) is 6.37. The highest BCUT2D eigenvalue weighted by atomic mass is 32.2. The number of aromatic nitrogens is 2. The molecule has 0 aromatic carbocycles. The fourth-order valence-corrected chi connectivity index (χ4v) is 3.42. The third-order valence-electron chi connectivity index (χ3n) is 2.77. The zero-order valence-electron chi connectivity index (χ0n) is 11.2. The van der Waals surface area contributed by atoms with E-state index in [4.69, 9.17) is 11.1 Å². The lowest BCUT2D eigenvalue weighted by Crippen LogP contribution is -2.52. The Labute approximate surface area is 107 Å². The average molecular weight is 273 g/mol. The van der Waals surface area contributed by atoms with Crippen LogP contribution in [0.2, 0.25) is 0 Å². The molecule has 8 heteroatoms. The first kappa shape index (κ1) is 14.7. The van der Waals surface area contributed by atoms with Gasteiger partial charge in [-0.2, -0.15) is 9.82 Å². The van der Waals surface area contributed by atoms with Crippen LogP contribution in [0.5, 0.6) is 0 Å². The van der Waals surface area contributed by atoms with E-state index in [0.717, 1.165) is 0 Å². The molecule has 102 valence electrons. The van der Waals surface area contributed by atoms with Gasteiger partial charge < -0.3 is 5.73 Å². The topological polar surface area (TPSA) is 114 Å². The third-order valence-corrected chi connectivity index (χ3v) is 4.68. The molecule has 0 aliphatic heterocycles. The molecule has 7 nitrogen and oxygen atoms in total. The van der Waals surface area contributed by atoms with Gasteiger partial charge >= 0.3 is 0 Å². The van der Waals surface area contributed by atoms with Crippen molar-refractivity contribution in [1.82, 2.24) is 14.5 Å². The molecule has 0 amide bonds. The number of sulfonamides is 1. The number of rotatable bonds is 4. The SMILES string of the molecule is Cc1nn(C)c(C)c1S(=O)(=O)NC(C)(C)C(=N)N. The number of nitrogens with one attached hydrogen (secondary N) is 2. The number of hydrogen-bond donors (Lipinski definition) is 3. The quantitative estimate of drug-likeness (QED) is 0.530. The van der Waals surface area contributed by atoms with Crippen molar-refractivity contribution in [2.45, 2.75) is 38.1 Å². The molecular weight excluding hydrogens is 254 g/mol. The molecule has 0 unspecified atom stereocenters. The van der Waals surface area contributed by atoms with Crippen LogP contribution in [0, 0.1) is 19.3 Å². The Balaban J connectivity index is 3.28. The zero-order valence-corrected chi connectivity index (χ0v) is 12.0. The molecule has 1 heterocycles. The van der Waals surface area contributed by atoms with Crippen LogP contribution in [0.25, 0.3) is 0 Å². The second kappa shape index (κ2) is 4.36. The Morgan fingerprint density at radius 1 is 1.44 bits per heavy atom. The van der Waals surface area contributed by atoms with Crippen LogP contribution in [-0.2, 0) is 17.1 Å². The Hall–Kier alpha value is -1.41. The Morgan fingerprint density at radius 3 is 2.28 bits per heavy atom. The van der Waals surface area contributed by atoms with Crippen LogP contribution >= 0.6 is 0 Å². The molecule has 0 atom stereocenters. The summed E-state index contributed by atoms with van der Waals surface area (Å²) < 4.78 is 28.5. The fraction of sp³-hybridized carbons (Fsp3) is 0.600. The molecule has 1 aromatic rings. The molecule has 1 aromatic heterocycles. The second-order valence-corrected chi connectivity index (χ2v) is 6.39. The maximum absolute atomic E-state index is 12.3. The maximum atomic E-state index is 12.3. The first-order chi connectivity index (χ1) is 7.99. The monoisotopic (exact) mass is 273 g/mol. The van der Waals surface area contributed by atoms with Crippen molar-refractivity contribution in [3.8, 4) is 0 Å². The minimum atomic E-state index is -3.76. The molecule has 0 saturated carbocycles. The molecule has 4 N–H and O–H groups in total. The summed E-state index contributed by atoms with van der Waals surface area (Å²) in [7, 11) is -2.08. The van der Waals surface area contributed by atoms with Gasteiger partial charge in [0, 0.05) is 7.05 Å². The van der Waals surface area contributed by atoms with Crippen molar-refractivity contribution in [3.63, 3.8) is 0 Å². The Bertz CT molecular complexity index is 586. The van der Waals surface area contributed by atoms with Crippen LogP contribution in [0.15, 0.2) is 4.90 Å². The van der Waals surface area contributed by atoms with Gasteiger partial charge in [0.25, 0.3) is 0 Å². The van der Waals surface area contributed by atoms with Gasteiger partial charge in [-0.1, -0.05) is 0 Å². The molecule has 0 bridgehead atoms. The first-order valence-corrected chi connectivity index (χ1v) is 6.86. The van der Waals surface area contributed by atoms with Crippen LogP contribution in [0.4, 0.5) is 0 Å². The van der Waals surface area contributed by atoms with Gasteiger partial charge in [0.05, 0.1) is 16.9 Å². The molecule has 0 saturated heterocycles. The van der Waals surface area contributed by atoms with Gasteiger partial charge in [0.1, 0.15) is 10.7 Å². The van der Waals surface area contributed by atoms with Crippen LogP contribution in [0.1, 0.15) is 25.2 Å². The minimum Gasteiger partial charge on any atom is -0.386 e. The Morgan fingerprint density at radius 2 is 1.94 bits per heavy atom. The predicted molar refractivity (Wildman–Crippen MR) is 69.0 cm³/mol. The molecule has 0 aliphatic rings. The lowest BCUT2D eigenvalue weighted by Gasteiger charge is -2.24. The average Bonchev–Trinajstić information content (AvgIpc) is 2.38. The molecular formula is C10H19N5O2S. The van der Waals surface area contributed by atoms with Crippen LogP contribution in [0.3, 0.4) is 0 Å². The molecule has 0 aliphatic carbocycles. The largest absolute Gasteiger partial charge is 0.386 e. The highest BCUT2D eigenvalue weighted by molar-refractivity contribution is 7.89. The van der Waals surface area contributed by atoms with E-state index in [1.165, 1.54) is 18.5 Å². The van der Waals surface area contributed by atoms with E-state index in [-0.39, 0.29) is 10.7 Å². The number of hydrogen-bond acceptors (Lipinski definition) is 4. The normalized spacial score (nSPS) is 12.7. The maximum Gasteiger partial charge on any atom is 0.245 e. The zero-order chi connectivity index (χ0) is 14.3. The summed E-state index contributed by atoms with van der Waals surface area (Å²) in [5.41, 5.74) is 5.20. The lowest BCUT2D eigenvalue weighted by molar-refractivity contribution is 0.541. The molecule has 0 fully saturated rings. The fourth-order valence-electron chi connectivity index (χ4n) is 1.59. The summed E-state index contributed by atoms with van der Waals surface area (Å²) in [6.07, 6.45) is 0. The van der Waals surface area contributed by atoms with Crippen molar-refractivity contribution < 1.29 is 8.42 Å².